The molecule has 0 bridgehead atoms. The lowest BCUT2D eigenvalue weighted by Crippen LogP contribution is -2.29. The fourth-order valence-electron chi connectivity index (χ4n) is 3.32. The maximum Gasteiger partial charge on any atom is 0.352 e. The maximum absolute atomic E-state index is 13.9. The van der Waals surface area contributed by atoms with Gasteiger partial charge in [-0.3, -0.25) is 4.79 Å². The molecule has 36 heavy (non-hydrogen) atoms. The number of benzene rings is 3. The smallest absolute Gasteiger partial charge is 0.352 e. The van der Waals surface area contributed by atoms with Gasteiger partial charge in [-0.2, -0.15) is 8.78 Å². The molecule has 1 heterocycles. The molecule has 4 rings (SSSR count). The topological polar surface area (TPSA) is 61.8 Å². The Morgan fingerprint density at radius 3 is 2.22 bits per heavy atom. The highest BCUT2D eigenvalue weighted by molar-refractivity contribution is 6.32. The summed E-state index contributed by atoms with van der Waals surface area (Å²) in [6, 6.07) is 9.40. The summed E-state index contributed by atoms with van der Waals surface area (Å²) in [5, 5.41) is 0.395. The van der Waals surface area contributed by atoms with Crippen molar-refractivity contribution in [2.75, 3.05) is 0 Å². The van der Waals surface area contributed by atoms with E-state index in [1.807, 2.05) is 0 Å². The van der Waals surface area contributed by atoms with Crippen molar-refractivity contribution in [3.8, 4) is 17.2 Å². The Kier molecular flexibility index (Phi) is 6.73. The molecule has 0 aliphatic carbocycles. The quantitative estimate of drug-likeness (QED) is 0.0974. The Hall–Kier alpha value is -3.92. The van der Waals surface area contributed by atoms with E-state index < -0.39 is 52.7 Å². The van der Waals surface area contributed by atoms with Crippen molar-refractivity contribution in [1.82, 2.24) is 0 Å². The molecule has 0 N–H and O–H groups in total. The van der Waals surface area contributed by atoms with E-state index in [-0.39, 0.29) is 28.4 Å². The van der Waals surface area contributed by atoms with Gasteiger partial charge in [0.2, 0.25) is 34.9 Å². The van der Waals surface area contributed by atoms with E-state index in [0.29, 0.717) is 10.6 Å². The van der Waals surface area contributed by atoms with Gasteiger partial charge in [0.1, 0.15) is 11.5 Å². The second kappa shape index (κ2) is 9.62. The molecule has 0 saturated heterocycles. The summed E-state index contributed by atoms with van der Waals surface area (Å²) in [6.45, 7) is 2.48. The van der Waals surface area contributed by atoms with E-state index in [4.69, 9.17) is 25.8 Å². The molecule has 0 aromatic heterocycles. The third kappa shape index (κ3) is 4.39. The van der Waals surface area contributed by atoms with Gasteiger partial charge in [0.15, 0.2) is 17.6 Å². The SMILES string of the molecule is Cc1c(OC(=O)C(C)Oc2c(F)c(F)c(F)c(F)c2F)ccc2c1O/C(=C\c1ccccc1Cl)C2=O. The van der Waals surface area contributed by atoms with Crippen LogP contribution in [0.5, 0.6) is 17.2 Å². The van der Waals surface area contributed by atoms with Crippen LogP contribution in [-0.4, -0.2) is 17.9 Å². The Bertz CT molecular complexity index is 1420. The first kappa shape index (κ1) is 25.2. The zero-order chi connectivity index (χ0) is 26.3. The van der Waals surface area contributed by atoms with Crippen molar-refractivity contribution >= 4 is 29.4 Å². The molecule has 186 valence electrons. The third-order valence-electron chi connectivity index (χ3n) is 5.24. The van der Waals surface area contributed by atoms with Gasteiger partial charge in [-0.25, -0.2) is 18.0 Å². The number of hydrogen-bond donors (Lipinski definition) is 0. The minimum Gasteiger partial charge on any atom is -0.473 e. The average molecular weight is 525 g/mol. The highest BCUT2D eigenvalue weighted by atomic mass is 35.5. The molecular weight excluding hydrogens is 511 g/mol. The van der Waals surface area contributed by atoms with Gasteiger partial charge in [-0.05, 0) is 43.7 Å². The predicted octanol–water partition coefficient (Wildman–Crippen LogP) is 6.33. The summed E-state index contributed by atoms with van der Waals surface area (Å²) in [5.74, 6) is -14.5. The summed E-state index contributed by atoms with van der Waals surface area (Å²) in [5.41, 5.74) is 0.968. The molecule has 3 aromatic rings. The molecule has 0 radical (unpaired) electrons. The number of ether oxygens (including phenoxy) is 3. The average Bonchev–Trinajstić information content (AvgIpc) is 3.18. The molecule has 0 amide bonds. The molecular formula is C25H14ClF5O5. The molecule has 1 unspecified atom stereocenters. The molecule has 1 aliphatic heterocycles. The number of carbonyl (C=O) groups is 2. The van der Waals surface area contributed by atoms with Crippen LogP contribution >= 0.6 is 11.6 Å². The molecule has 0 saturated carbocycles. The molecule has 5 nitrogen and oxygen atoms in total. The number of hydrogen-bond acceptors (Lipinski definition) is 5. The third-order valence-corrected chi connectivity index (χ3v) is 5.58. The number of allylic oxidation sites excluding steroid dienone is 1. The zero-order valence-electron chi connectivity index (χ0n) is 18.4. The van der Waals surface area contributed by atoms with Crippen LogP contribution in [0.3, 0.4) is 0 Å². The van der Waals surface area contributed by atoms with Gasteiger partial charge < -0.3 is 14.2 Å². The first-order chi connectivity index (χ1) is 17.0. The number of rotatable bonds is 5. The Labute approximate surface area is 205 Å². The van der Waals surface area contributed by atoms with Crippen molar-refractivity contribution in [2.45, 2.75) is 20.0 Å². The van der Waals surface area contributed by atoms with Crippen molar-refractivity contribution in [1.29, 1.82) is 0 Å². The van der Waals surface area contributed by atoms with Crippen LogP contribution in [0.25, 0.3) is 6.08 Å². The van der Waals surface area contributed by atoms with Gasteiger partial charge in [0.05, 0.1) is 5.56 Å². The lowest BCUT2D eigenvalue weighted by Gasteiger charge is -2.16. The van der Waals surface area contributed by atoms with E-state index in [1.54, 1.807) is 24.3 Å². The summed E-state index contributed by atoms with van der Waals surface area (Å²) in [7, 11) is 0. The Morgan fingerprint density at radius 2 is 1.58 bits per heavy atom. The largest absolute Gasteiger partial charge is 0.473 e. The van der Waals surface area contributed by atoms with Gasteiger partial charge >= 0.3 is 5.97 Å². The fraction of sp³-hybridized carbons (Fsp3) is 0.120. The summed E-state index contributed by atoms with van der Waals surface area (Å²) >= 11 is 6.12. The first-order valence-electron chi connectivity index (χ1n) is 10.2. The van der Waals surface area contributed by atoms with Crippen molar-refractivity contribution in [3.05, 3.63) is 93.0 Å². The second-order valence-corrected chi connectivity index (χ2v) is 8.01. The number of carbonyl (C=O) groups excluding carboxylic acids is 2. The van der Waals surface area contributed by atoms with Gasteiger partial charge in [0.25, 0.3) is 0 Å². The second-order valence-electron chi connectivity index (χ2n) is 7.61. The van der Waals surface area contributed by atoms with Gasteiger partial charge in [-0.15, -0.1) is 0 Å². The van der Waals surface area contributed by atoms with Crippen molar-refractivity contribution < 1.29 is 45.8 Å². The number of ketones is 1. The monoisotopic (exact) mass is 524 g/mol. The zero-order valence-corrected chi connectivity index (χ0v) is 19.2. The molecule has 1 atom stereocenters. The van der Waals surface area contributed by atoms with Crippen molar-refractivity contribution in [3.63, 3.8) is 0 Å². The van der Waals surface area contributed by atoms with Gasteiger partial charge in [-0.1, -0.05) is 29.8 Å². The summed E-state index contributed by atoms with van der Waals surface area (Å²) < 4.78 is 83.3. The number of halogens is 6. The molecule has 0 fully saturated rings. The molecule has 0 spiro atoms. The first-order valence-corrected chi connectivity index (χ1v) is 10.6. The molecule has 3 aromatic carbocycles. The van der Waals surface area contributed by atoms with E-state index in [0.717, 1.165) is 6.92 Å². The Morgan fingerprint density at radius 1 is 0.972 bits per heavy atom. The number of esters is 1. The van der Waals surface area contributed by atoms with E-state index in [2.05, 4.69) is 0 Å². The van der Waals surface area contributed by atoms with Crippen LogP contribution in [0.1, 0.15) is 28.4 Å². The number of fused-ring (bicyclic) bond motifs is 1. The minimum absolute atomic E-state index is 0.0207. The highest BCUT2D eigenvalue weighted by Crippen LogP contribution is 2.40. The minimum atomic E-state index is -2.36. The summed E-state index contributed by atoms with van der Waals surface area (Å²) in [4.78, 5) is 25.2. The lowest BCUT2D eigenvalue weighted by atomic mass is 10.1. The van der Waals surface area contributed by atoms with Crippen LogP contribution < -0.4 is 14.2 Å². The summed E-state index contributed by atoms with van der Waals surface area (Å²) in [6.07, 6.45) is -0.320. The van der Waals surface area contributed by atoms with Crippen LogP contribution in [0.15, 0.2) is 42.2 Å². The predicted molar refractivity (Wildman–Crippen MR) is 118 cm³/mol. The molecule has 11 heteroatoms. The highest BCUT2D eigenvalue weighted by Gasteiger charge is 2.33. The van der Waals surface area contributed by atoms with E-state index in [1.165, 1.54) is 25.1 Å². The fourth-order valence-corrected chi connectivity index (χ4v) is 3.51. The standard InChI is InChI=1S/C25H14ClF5O5/c1-10-15(36-25(33)11(2)34-24-20(30)18(28)17(27)19(29)21(24)31)8-7-13-22(32)16(35-23(10)13)9-12-5-3-4-6-14(12)26/h3-9,11H,1-2H3/b16-9-. The lowest BCUT2D eigenvalue weighted by molar-refractivity contribution is -0.141. The van der Waals surface area contributed by atoms with Crippen molar-refractivity contribution in [2.24, 2.45) is 0 Å². The van der Waals surface area contributed by atoms with E-state index in [9.17, 15) is 31.5 Å². The van der Waals surface area contributed by atoms with Crippen LogP contribution in [0, 0.1) is 36.0 Å². The molecule has 1 aliphatic rings. The van der Waals surface area contributed by atoms with Gasteiger partial charge in [0, 0.05) is 10.6 Å². The van der Waals surface area contributed by atoms with Crippen LogP contribution in [0.4, 0.5) is 22.0 Å². The normalized spacial score (nSPS) is 14.4. The van der Waals surface area contributed by atoms with Crippen LogP contribution in [-0.2, 0) is 4.79 Å². The number of Topliss-reactive ketones (excluding diaryl/α,β-unsaturated/α-hetero) is 1. The Balaban J connectivity index is 1.55. The maximum atomic E-state index is 13.9. The van der Waals surface area contributed by atoms with E-state index >= 15 is 0 Å². The van der Waals surface area contributed by atoms with Crippen LogP contribution in [0.2, 0.25) is 5.02 Å².